The molecule has 0 spiro atoms. The number of carbonyl (C=O) groups excluding carboxylic acids is 1. The van der Waals surface area contributed by atoms with Crippen LogP contribution >= 0.6 is 0 Å². The third-order valence-corrected chi connectivity index (χ3v) is 8.32. The van der Waals surface area contributed by atoms with E-state index in [1.165, 1.54) is 128 Å². The van der Waals surface area contributed by atoms with Crippen molar-refractivity contribution in [1.29, 1.82) is 0 Å². The van der Waals surface area contributed by atoms with Crippen LogP contribution in [-0.2, 0) is 14.3 Å². The van der Waals surface area contributed by atoms with Crippen LogP contribution < -0.4 is 0 Å². The SMILES string of the molecule is CCCCC/C=C\C/C=C\CCCC/C=C\CCCCCCCC(=O)OC(C)CCCCCCCCCCCCCC(=O)O. The van der Waals surface area contributed by atoms with Crippen LogP contribution in [0, 0.1) is 0 Å². The van der Waals surface area contributed by atoms with Crippen molar-refractivity contribution in [2.45, 2.75) is 206 Å². The molecule has 0 amide bonds. The Hall–Kier alpha value is -1.84. The molecule has 0 aliphatic heterocycles. The van der Waals surface area contributed by atoms with Crippen LogP contribution in [0.2, 0.25) is 0 Å². The van der Waals surface area contributed by atoms with Gasteiger partial charge in [0.1, 0.15) is 0 Å². The summed E-state index contributed by atoms with van der Waals surface area (Å²) >= 11 is 0. The molecule has 0 aromatic rings. The van der Waals surface area contributed by atoms with Crippen LogP contribution in [-0.4, -0.2) is 23.1 Å². The number of ether oxygens (including phenoxy) is 1. The maximum Gasteiger partial charge on any atom is 0.306 e. The third-order valence-electron chi connectivity index (χ3n) is 8.32. The van der Waals surface area contributed by atoms with E-state index in [2.05, 4.69) is 43.4 Å². The number of rotatable bonds is 34. The first-order valence-corrected chi connectivity index (χ1v) is 18.9. The van der Waals surface area contributed by atoms with E-state index in [0.717, 1.165) is 44.9 Å². The highest BCUT2D eigenvalue weighted by Crippen LogP contribution is 2.15. The van der Waals surface area contributed by atoms with E-state index in [-0.39, 0.29) is 12.1 Å². The van der Waals surface area contributed by atoms with Crippen molar-refractivity contribution < 1.29 is 19.4 Å². The minimum absolute atomic E-state index is 0.0199. The summed E-state index contributed by atoms with van der Waals surface area (Å²) < 4.78 is 5.62. The van der Waals surface area contributed by atoms with Gasteiger partial charge in [-0.2, -0.15) is 0 Å². The number of carbonyl (C=O) groups is 2. The summed E-state index contributed by atoms with van der Waals surface area (Å²) in [5, 5.41) is 8.64. The van der Waals surface area contributed by atoms with Gasteiger partial charge < -0.3 is 9.84 Å². The highest BCUT2D eigenvalue weighted by atomic mass is 16.5. The molecule has 0 aromatic heterocycles. The van der Waals surface area contributed by atoms with Crippen molar-refractivity contribution in [1.82, 2.24) is 0 Å². The summed E-state index contributed by atoms with van der Waals surface area (Å²) in [6.07, 6.45) is 47.2. The van der Waals surface area contributed by atoms with E-state index in [0.29, 0.717) is 12.8 Å². The molecule has 1 N–H and O–H groups in total. The molecule has 0 saturated heterocycles. The molecule has 4 heteroatoms. The average molecular weight is 617 g/mol. The molecular weight excluding hydrogens is 544 g/mol. The molecule has 0 aliphatic rings. The van der Waals surface area contributed by atoms with Gasteiger partial charge in [-0.1, -0.05) is 133 Å². The summed E-state index contributed by atoms with van der Waals surface area (Å²) in [7, 11) is 0. The second kappa shape index (κ2) is 35.6. The number of esters is 1. The maximum atomic E-state index is 12.1. The molecule has 1 unspecified atom stereocenters. The van der Waals surface area contributed by atoms with E-state index in [1.807, 2.05) is 6.92 Å². The molecule has 1 atom stereocenters. The Balaban J connectivity index is 3.38. The topological polar surface area (TPSA) is 63.6 Å². The summed E-state index contributed by atoms with van der Waals surface area (Å²) in [6.45, 7) is 4.29. The lowest BCUT2D eigenvalue weighted by atomic mass is 10.0. The van der Waals surface area contributed by atoms with Crippen LogP contribution in [0.3, 0.4) is 0 Å². The molecular formula is C40H72O4. The summed E-state index contributed by atoms with van der Waals surface area (Å²) in [4.78, 5) is 22.6. The number of allylic oxidation sites excluding steroid dienone is 6. The first-order chi connectivity index (χ1) is 21.6. The number of hydrogen-bond acceptors (Lipinski definition) is 3. The Bertz CT molecular complexity index is 708. The molecule has 0 heterocycles. The maximum absolute atomic E-state index is 12.1. The van der Waals surface area contributed by atoms with Crippen molar-refractivity contribution in [2.75, 3.05) is 0 Å². The van der Waals surface area contributed by atoms with Gasteiger partial charge in [0.05, 0.1) is 6.10 Å². The van der Waals surface area contributed by atoms with E-state index in [4.69, 9.17) is 9.84 Å². The van der Waals surface area contributed by atoms with Crippen LogP contribution in [0.25, 0.3) is 0 Å². The largest absolute Gasteiger partial charge is 0.481 e. The van der Waals surface area contributed by atoms with Gasteiger partial charge in [0, 0.05) is 12.8 Å². The second-order valence-electron chi connectivity index (χ2n) is 12.9. The van der Waals surface area contributed by atoms with Gasteiger partial charge >= 0.3 is 11.9 Å². The van der Waals surface area contributed by atoms with Gasteiger partial charge in [0.15, 0.2) is 0 Å². The Kier molecular flexibility index (Phi) is 34.1. The summed E-state index contributed by atoms with van der Waals surface area (Å²) in [5.74, 6) is -0.696. The van der Waals surface area contributed by atoms with E-state index in [9.17, 15) is 9.59 Å². The van der Waals surface area contributed by atoms with Gasteiger partial charge in [-0.05, 0) is 90.4 Å². The quantitative estimate of drug-likeness (QED) is 0.0444. The zero-order valence-corrected chi connectivity index (χ0v) is 29.2. The lowest BCUT2D eigenvalue weighted by molar-refractivity contribution is -0.148. The first kappa shape index (κ1) is 42.2. The smallest absolute Gasteiger partial charge is 0.306 e. The minimum Gasteiger partial charge on any atom is -0.481 e. The lowest BCUT2D eigenvalue weighted by Crippen LogP contribution is -2.14. The molecule has 0 aromatic carbocycles. The zero-order chi connectivity index (χ0) is 32.2. The van der Waals surface area contributed by atoms with E-state index < -0.39 is 5.97 Å². The molecule has 44 heavy (non-hydrogen) atoms. The highest BCUT2D eigenvalue weighted by molar-refractivity contribution is 5.69. The number of carboxylic acids is 1. The van der Waals surface area contributed by atoms with Crippen LogP contribution in [0.5, 0.6) is 0 Å². The number of unbranched alkanes of at least 4 members (excludes halogenated alkanes) is 21. The minimum atomic E-state index is -0.676. The van der Waals surface area contributed by atoms with Crippen molar-refractivity contribution in [3.05, 3.63) is 36.5 Å². The summed E-state index contributed by atoms with van der Waals surface area (Å²) in [5.41, 5.74) is 0. The Morgan fingerprint density at radius 3 is 1.41 bits per heavy atom. The van der Waals surface area contributed by atoms with Crippen LogP contribution in [0.1, 0.15) is 200 Å². The molecule has 0 rings (SSSR count). The molecule has 0 aliphatic carbocycles. The predicted molar refractivity (Wildman–Crippen MR) is 190 cm³/mol. The second-order valence-corrected chi connectivity index (χ2v) is 12.9. The lowest BCUT2D eigenvalue weighted by Gasteiger charge is -2.13. The summed E-state index contributed by atoms with van der Waals surface area (Å²) in [6, 6.07) is 0. The fourth-order valence-electron chi connectivity index (χ4n) is 5.48. The van der Waals surface area contributed by atoms with Crippen molar-refractivity contribution in [3.8, 4) is 0 Å². The highest BCUT2D eigenvalue weighted by Gasteiger charge is 2.09. The molecule has 0 bridgehead atoms. The van der Waals surface area contributed by atoms with Gasteiger partial charge in [0.25, 0.3) is 0 Å². The molecule has 0 saturated carbocycles. The van der Waals surface area contributed by atoms with Crippen molar-refractivity contribution in [2.24, 2.45) is 0 Å². The molecule has 0 fully saturated rings. The average Bonchev–Trinajstić information content (AvgIpc) is 3.00. The Morgan fingerprint density at radius 2 is 0.909 bits per heavy atom. The number of aliphatic carboxylic acids is 1. The van der Waals surface area contributed by atoms with Crippen molar-refractivity contribution >= 4 is 11.9 Å². The van der Waals surface area contributed by atoms with Crippen LogP contribution in [0.15, 0.2) is 36.5 Å². The van der Waals surface area contributed by atoms with Gasteiger partial charge in [-0.15, -0.1) is 0 Å². The van der Waals surface area contributed by atoms with Crippen molar-refractivity contribution in [3.63, 3.8) is 0 Å². The fraction of sp³-hybridized carbons (Fsp3) is 0.800. The van der Waals surface area contributed by atoms with Gasteiger partial charge in [-0.25, -0.2) is 0 Å². The molecule has 0 radical (unpaired) electrons. The number of hydrogen-bond donors (Lipinski definition) is 1. The Morgan fingerprint density at radius 1 is 0.523 bits per heavy atom. The monoisotopic (exact) mass is 617 g/mol. The zero-order valence-electron chi connectivity index (χ0n) is 29.2. The Labute approximate surface area is 273 Å². The van der Waals surface area contributed by atoms with Gasteiger partial charge in [-0.3, -0.25) is 9.59 Å². The van der Waals surface area contributed by atoms with E-state index >= 15 is 0 Å². The van der Waals surface area contributed by atoms with E-state index in [1.54, 1.807) is 0 Å². The molecule has 256 valence electrons. The van der Waals surface area contributed by atoms with Crippen LogP contribution in [0.4, 0.5) is 0 Å². The van der Waals surface area contributed by atoms with Gasteiger partial charge in [0.2, 0.25) is 0 Å². The number of carboxylic acid groups (broad SMARTS) is 1. The first-order valence-electron chi connectivity index (χ1n) is 18.9. The third kappa shape index (κ3) is 36.4. The fourth-order valence-corrected chi connectivity index (χ4v) is 5.48. The molecule has 4 nitrogen and oxygen atoms in total. The normalized spacial score (nSPS) is 12.6. The predicted octanol–water partition coefficient (Wildman–Crippen LogP) is 13.0. The standard InChI is InChI=1S/C40H72O4/c1-3-4-5-6-7-8-9-10-11-12-13-14-15-16-17-18-22-25-28-31-34-37-40(43)44-38(2)35-32-29-26-23-20-19-21-24-27-30-33-36-39(41)42/h7-8,10-11,16-17,38H,3-6,9,12-15,18-37H2,1-2H3,(H,41,42)/b8-7-,11-10-,17-16-.